The number of carbonyl (C=O) groups is 1. The lowest BCUT2D eigenvalue weighted by atomic mass is 10.2. The number of hydrogen-bond acceptors (Lipinski definition) is 6. The average molecular weight is 318 g/mol. The minimum atomic E-state index is -0.718. The van der Waals surface area contributed by atoms with E-state index in [4.69, 9.17) is 9.47 Å². The van der Waals surface area contributed by atoms with Crippen LogP contribution in [0.25, 0.3) is 0 Å². The van der Waals surface area contributed by atoms with E-state index in [2.05, 4.69) is 15.0 Å². The molecule has 23 heavy (non-hydrogen) atoms. The highest BCUT2D eigenvalue weighted by Gasteiger charge is 2.13. The summed E-state index contributed by atoms with van der Waals surface area (Å²) in [4.78, 5) is 24.9. The SMILES string of the molecule is COc1cccc(C(=O)Oc2ncc(F)c(N=CN(C)C)n2)c1. The largest absolute Gasteiger partial charge is 0.497 e. The second-order valence-electron chi connectivity index (χ2n) is 4.65. The van der Waals surface area contributed by atoms with E-state index in [1.807, 2.05) is 0 Å². The molecule has 1 aromatic carbocycles. The molecule has 7 nitrogen and oxygen atoms in total. The summed E-state index contributed by atoms with van der Waals surface area (Å²) in [6.45, 7) is 0. The van der Waals surface area contributed by atoms with Gasteiger partial charge in [-0.05, 0) is 18.2 Å². The summed E-state index contributed by atoms with van der Waals surface area (Å²) in [5.74, 6) is -1.11. The maximum atomic E-state index is 13.6. The Labute approximate surface area is 132 Å². The van der Waals surface area contributed by atoms with E-state index in [9.17, 15) is 9.18 Å². The van der Waals surface area contributed by atoms with Gasteiger partial charge in [-0.3, -0.25) is 0 Å². The summed E-state index contributed by atoms with van der Waals surface area (Å²) in [6.07, 6.45) is 2.27. The number of halogens is 1. The first-order valence-corrected chi connectivity index (χ1v) is 6.59. The van der Waals surface area contributed by atoms with Gasteiger partial charge in [-0.15, -0.1) is 0 Å². The van der Waals surface area contributed by atoms with Crippen molar-refractivity contribution in [2.75, 3.05) is 21.2 Å². The van der Waals surface area contributed by atoms with Crippen molar-refractivity contribution in [1.82, 2.24) is 14.9 Å². The predicted molar refractivity (Wildman–Crippen MR) is 81.8 cm³/mol. The summed E-state index contributed by atoms with van der Waals surface area (Å²) in [5.41, 5.74) is 0.260. The van der Waals surface area contributed by atoms with Crippen LogP contribution < -0.4 is 9.47 Å². The molecule has 0 radical (unpaired) electrons. The van der Waals surface area contributed by atoms with Crippen LogP contribution in [0.4, 0.5) is 10.2 Å². The predicted octanol–water partition coefficient (Wildman–Crippen LogP) is 2.06. The zero-order valence-electron chi connectivity index (χ0n) is 12.9. The minimum Gasteiger partial charge on any atom is -0.497 e. The van der Waals surface area contributed by atoms with Crippen molar-refractivity contribution in [2.24, 2.45) is 4.99 Å². The molecule has 0 saturated heterocycles. The van der Waals surface area contributed by atoms with E-state index in [-0.39, 0.29) is 17.4 Å². The molecule has 0 unspecified atom stereocenters. The molecule has 2 aromatic rings. The smallest absolute Gasteiger partial charge is 0.346 e. The number of nitrogens with zero attached hydrogens (tertiary/aromatic N) is 4. The van der Waals surface area contributed by atoms with Crippen molar-refractivity contribution >= 4 is 18.1 Å². The topological polar surface area (TPSA) is 76.9 Å². The Kier molecular flexibility index (Phi) is 5.19. The van der Waals surface area contributed by atoms with Crippen LogP contribution in [0.2, 0.25) is 0 Å². The summed E-state index contributed by atoms with van der Waals surface area (Å²) in [7, 11) is 4.95. The second kappa shape index (κ2) is 7.30. The van der Waals surface area contributed by atoms with Crippen LogP contribution in [0.15, 0.2) is 35.5 Å². The summed E-state index contributed by atoms with van der Waals surface area (Å²) in [6, 6.07) is 6.12. The number of benzene rings is 1. The minimum absolute atomic E-state index is 0.220. The first-order chi connectivity index (χ1) is 11.0. The molecular formula is C15H15FN4O3. The third-order valence-corrected chi connectivity index (χ3v) is 2.60. The highest BCUT2D eigenvalue weighted by atomic mass is 19.1. The second-order valence-corrected chi connectivity index (χ2v) is 4.65. The molecule has 120 valence electrons. The van der Waals surface area contributed by atoms with Crippen molar-refractivity contribution in [3.63, 3.8) is 0 Å². The third-order valence-electron chi connectivity index (χ3n) is 2.60. The molecule has 0 bridgehead atoms. The normalized spacial score (nSPS) is 10.6. The van der Waals surface area contributed by atoms with E-state index >= 15 is 0 Å². The zero-order chi connectivity index (χ0) is 16.8. The lowest BCUT2D eigenvalue weighted by molar-refractivity contribution is 0.0719. The quantitative estimate of drug-likeness (QED) is 0.477. The van der Waals surface area contributed by atoms with Gasteiger partial charge in [0, 0.05) is 14.1 Å². The number of carbonyl (C=O) groups excluding carboxylic acids is 1. The van der Waals surface area contributed by atoms with Crippen LogP contribution >= 0.6 is 0 Å². The molecule has 0 atom stereocenters. The Hall–Kier alpha value is -3.03. The molecule has 0 N–H and O–H groups in total. The van der Waals surface area contributed by atoms with Crippen LogP contribution in [0, 0.1) is 5.82 Å². The van der Waals surface area contributed by atoms with E-state index in [1.165, 1.54) is 19.5 Å². The Morgan fingerprint density at radius 1 is 1.39 bits per heavy atom. The Morgan fingerprint density at radius 2 is 2.17 bits per heavy atom. The number of rotatable bonds is 5. The van der Waals surface area contributed by atoms with Gasteiger partial charge >= 0.3 is 12.0 Å². The van der Waals surface area contributed by atoms with Gasteiger partial charge in [0.05, 0.1) is 25.2 Å². The molecule has 1 heterocycles. The molecule has 1 aromatic heterocycles. The molecule has 8 heteroatoms. The molecule has 0 amide bonds. The fraction of sp³-hybridized carbons (Fsp3) is 0.200. The number of esters is 1. The Balaban J connectivity index is 2.19. The average Bonchev–Trinajstić information content (AvgIpc) is 2.55. The van der Waals surface area contributed by atoms with Crippen LogP contribution in [0.1, 0.15) is 10.4 Å². The van der Waals surface area contributed by atoms with Crippen molar-refractivity contribution in [1.29, 1.82) is 0 Å². The molecule has 0 aliphatic heterocycles. The van der Waals surface area contributed by atoms with E-state index < -0.39 is 11.8 Å². The number of methoxy groups -OCH3 is 1. The first kappa shape index (κ1) is 16.3. The molecule has 0 aliphatic rings. The summed E-state index contributed by atoms with van der Waals surface area (Å²) in [5, 5.41) is 0. The van der Waals surface area contributed by atoms with Gasteiger partial charge in [0.25, 0.3) is 0 Å². The molecular weight excluding hydrogens is 303 g/mol. The van der Waals surface area contributed by atoms with Crippen molar-refractivity contribution in [3.8, 4) is 11.8 Å². The van der Waals surface area contributed by atoms with Gasteiger partial charge in [-0.2, -0.15) is 4.98 Å². The van der Waals surface area contributed by atoms with Crippen LogP contribution in [0.5, 0.6) is 11.8 Å². The fourth-order valence-corrected chi connectivity index (χ4v) is 1.54. The first-order valence-electron chi connectivity index (χ1n) is 6.59. The maximum Gasteiger partial charge on any atom is 0.346 e. The number of ether oxygens (including phenoxy) is 2. The Morgan fingerprint density at radius 3 is 2.87 bits per heavy atom. The van der Waals surface area contributed by atoms with E-state index in [0.717, 1.165) is 6.20 Å². The number of hydrogen-bond donors (Lipinski definition) is 0. The van der Waals surface area contributed by atoms with Crippen molar-refractivity contribution in [3.05, 3.63) is 41.8 Å². The van der Waals surface area contributed by atoms with Gasteiger partial charge in [-0.1, -0.05) is 6.07 Å². The van der Waals surface area contributed by atoms with Crippen LogP contribution in [-0.2, 0) is 0 Å². The molecule has 0 saturated carbocycles. The molecule has 2 rings (SSSR count). The van der Waals surface area contributed by atoms with E-state index in [1.54, 1.807) is 37.2 Å². The van der Waals surface area contributed by atoms with Crippen molar-refractivity contribution < 1.29 is 18.7 Å². The molecule has 0 aliphatic carbocycles. The highest BCUT2D eigenvalue weighted by molar-refractivity contribution is 5.91. The van der Waals surface area contributed by atoms with Gasteiger partial charge in [0.2, 0.25) is 0 Å². The standard InChI is InChI=1S/C15H15FN4O3/c1-20(2)9-18-13-12(16)8-17-15(19-13)23-14(21)10-5-4-6-11(7-10)22-3/h4-9H,1-3H3. The fourth-order valence-electron chi connectivity index (χ4n) is 1.54. The van der Waals surface area contributed by atoms with E-state index in [0.29, 0.717) is 5.75 Å². The lowest BCUT2D eigenvalue weighted by Crippen LogP contribution is -2.11. The zero-order valence-corrected chi connectivity index (χ0v) is 12.9. The highest BCUT2D eigenvalue weighted by Crippen LogP contribution is 2.18. The van der Waals surface area contributed by atoms with Crippen molar-refractivity contribution in [2.45, 2.75) is 0 Å². The maximum absolute atomic E-state index is 13.6. The van der Waals surface area contributed by atoms with Gasteiger partial charge < -0.3 is 14.4 Å². The monoisotopic (exact) mass is 318 g/mol. The third kappa shape index (κ3) is 4.47. The Bertz CT molecular complexity index is 734. The number of aliphatic imine (C=N–C) groups is 1. The summed E-state index contributed by atoms with van der Waals surface area (Å²) < 4.78 is 23.6. The van der Waals surface area contributed by atoms with Gasteiger partial charge in [-0.25, -0.2) is 19.2 Å². The van der Waals surface area contributed by atoms with Crippen LogP contribution in [0.3, 0.4) is 0 Å². The van der Waals surface area contributed by atoms with Gasteiger partial charge in [0.1, 0.15) is 5.75 Å². The van der Waals surface area contributed by atoms with Crippen LogP contribution in [-0.4, -0.2) is 48.4 Å². The summed E-state index contributed by atoms with van der Waals surface area (Å²) >= 11 is 0. The lowest BCUT2D eigenvalue weighted by Gasteiger charge is -2.06. The van der Waals surface area contributed by atoms with Gasteiger partial charge in [0.15, 0.2) is 11.6 Å². The molecule has 0 fully saturated rings. The number of aromatic nitrogens is 2. The molecule has 0 spiro atoms.